The highest BCUT2D eigenvalue weighted by atomic mass is 127. The molecule has 0 aliphatic rings. The van der Waals surface area contributed by atoms with Crippen molar-refractivity contribution in [2.24, 2.45) is 5.92 Å². The van der Waals surface area contributed by atoms with E-state index in [1.165, 1.54) is 12.1 Å². The number of aliphatic hydroxyl groups is 1. The van der Waals surface area contributed by atoms with Gasteiger partial charge < -0.3 is 5.11 Å². The summed E-state index contributed by atoms with van der Waals surface area (Å²) in [4.78, 5) is 0. The lowest BCUT2D eigenvalue weighted by Crippen LogP contribution is -2.06. The lowest BCUT2D eigenvalue weighted by atomic mass is 9.95. The molecule has 0 aliphatic heterocycles. The van der Waals surface area contributed by atoms with Crippen LogP contribution in [0, 0.1) is 15.3 Å². The van der Waals surface area contributed by atoms with Crippen LogP contribution in [0.3, 0.4) is 0 Å². The Hall–Kier alpha value is -0.160. The first-order chi connectivity index (χ1) is 7.54. The van der Waals surface area contributed by atoms with Crippen LogP contribution < -0.4 is 0 Å². The molecule has 0 spiro atoms. The summed E-state index contributed by atoms with van der Waals surface area (Å²) in [5, 5.41) is 10.1. The molecule has 0 radical (unpaired) electrons. The normalized spacial score (nSPS) is 14.8. The molecule has 0 heterocycles. The fourth-order valence-corrected chi connectivity index (χ4v) is 2.73. The molecule has 1 aromatic rings. The Morgan fingerprint density at radius 1 is 1.44 bits per heavy atom. The van der Waals surface area contributed by atoms with E-state index in [0.29, 0.717) is 5.92 Å². The van der Waals surface area contributed by atoms with Crippen molar-refractivity contribution in [2.75, 3.05) is 0 Å². The molecule has 0 amide bonds. The molecule has 90 valence electrons. The first kappa shape index (κ1) is 13.9. The number of halogens is 2. The highest BCUT2D eigenvalue weighted by molar-refractivity contribution is 14.1. The smallest absolute Gasteiger partial charge is 0.124 e. The van der Waals surface area contributed by atoms with Crippen molar-refractivity contribution in [3.05, 3.63) is 33.1 Å². The fourth-order valence-electron chi connectivity index (χ4n) is 1.89. The van der Waals surface area contributed by atoms with Crippen molar-refractivity contribution in [3.63, 3.8) is 0 Å². The summed E-state index contributed by atoms with van der Waals surface area (Å²) in [5.74, 6) is 0.253. The van der Waals surface area contributed by atoms with E-state index in [1.807, 2.05) is 0 Å². The van der Waals surface area contributed by atoms with Crippen molar-refractivity contribution in [3.8, 4) is 0 Å². The molecule has 2 atom stereocenters. The molecule has 3 heteroatoms. The number of hydrogen-bond acceptors (Lipinski definition) is 1. The summed E-state index contributed by atoms with van der Waals surface area (Å²) >= 11 is 2.07. The standard InChI is InChI=1S/C13H18FIO/c1-3-4-9(2)7-13(16)11-6-5-10(14)8-12(11)15/h5-6,8-9,13,16H,3-4,7H2,1-2H3. The van der Waals surface area contributed by atoms with Gasteiger partial charge in [-0.05, 0) is 52.6 Å². The van der Waals surface area contributed by atoms with E-state index in [2.05, 4.69) is 36.4 Å². The third-order valence-corrected chi connectivity index (χ3v) is 3.66. The Morgan fingerprint density at radius 2 is 2.12 bits per heavy atom. The Morgan fingerprint density at radius 3 is 2.69 bits per heavy atom. The summed E-state index contributed by atoms with van der Waals surface area (Å²) < 4.78 is 13.7. The second-order valence-corrected chi connectivity index (χ2v) is 5.47. The van der Waals surface area contributed by atoms with Gasteiger partial charge in [0.1, 0.15) is 5.82 Å². The molecule has 0 aliphatic carbocycles. The predicted molar refractivity (Wildman–Crippen MR) is 72.8 cm³/mol. The summed E-state index contributed by atoms with van der Waals surface area (Å²) in [7, 11) is 0. The van der Waals surface area contributed by atoms with Crippen molar-refractivity contribution < 1.29 is 9.50 Å². The summed E-state index contributed by atoms with van der Waals surface area (Å²) in [6.45, 7) is 4.29. The van der Waals surface area contributed by atoms with Crippen molar-refractivity contribution in [2.45, 2.75) is 39.2 Å². The Kier molecular flexibility index (Phi) is 5.69. The molecule has 2 unspecified atom stereocenters. The van der Waals surface area contributed by atoms with Crippen molar-refractivity contribution in [1.29, 1.82) is 0 Å². The minimum atomic E-state index is -0.478. The maximum absolute atomic E-state index is 12.9. The molecule has 0 bridgehead atoms. The first-order valence-corrected chi connectivity index (χ1v) is 6.75. The number of benzene rings is 1. The van der Waals surface area contributed by atoms with Crippen LogP contribution in [-0.2, 0) is 0 Å². The molecular weight excluding hydrogens is 318 g/mol. The van der Waals surface area contributed by atoms with Gasteiger partial charge in [0.2, 0.25) is 0 Å². The SMILES string of the molecule is CCCC(C)CC(O)c1ccc(F)cc1I. The quantitative estimate of drug-likeness (QED) is 0.796. The summed E-state index contributed by atoms with van der Waals surface area (Å²) in [6, 6.07) is 4.55. The van der Waals surface area contributed by atoms with Crippen LogP contribution in [0.5, 0.6) is 0 Å². The van der Waals surface area contributed by atoms with E-state index in [4.69, 9.17) is 0 Å². The second-order valence-electron chi connectivity index (χ2n) is 4.31. The Balaban J connectivity index is 2.69. The average Bonchev–Trinajstić information content (AvgIpc) is 2.17. The number of aliphatic hydroxyl groups excluding tert-OH is 1. The zero-order chi connectivity index (χ0) is 12.1. The van der Waals surface area contributed by atoms with Gasteiger partial charge in [0.05, 0.1) is 6.10 Å². The lowest BCUT2D eigenvalue weighted by Gasteiger charge is -2.17. The van der Waals surface area contributed by atoms with Gasteiger partial charge in [-0.25, -0.2) is 4.39 Å². The molecule has 0 aromatic heterocycles. The molecule has 0 saturated carbocycles. The fraction of sp³-hybridized carbons (Fsp3) is 0.538. The van der Waals surface area contributed by atoms with Crippen LogP contribution >= 0.6 is 22.6 Å². The molecule has 1 rings (SSSR count). The Bertz CT molecular complexity index is 341. The van der Waals surface area contributed by atoms with Crippen LogP contribution in [0.4, 0.5) is 4.39 Å². The van der Waals surface area contributed by atoms with Gasteiger partial charge in [-0.2, -0.15) is 0 Å². The average molecular weight is 336 g/mol. The summed E-state index contributed by atoms with van der Waals surface area (Å²) in [6.07, 6.45) is 2.52. The van der Waals surface area contributed by atoms with Crippen LogP contribution in [-0.4, -0.2) is 5.11 Å². The van der Waals surface area contributed by atoms with Gasteiger partial charge in [-0.1, -0.05) is 32.8 Å². The largest absolute Gasteiger partial charge is 0.388 e. The topological polar surface area (TPSA) is 20.2 Å². The monoisotopic (exact) mass is 336 g/mol. The van der Waals surface area contributed by atoms with E-state index >= 15 is 0 Å². The molecule has 16 heavy (non-hydrogen) atoms. The third kappa shape index (κ3) is 4.01. The highest BCUT2D eigenvalue weighted by Gasteiger charge is 2.14. The van der Waals surface area contributed by atoms with Crippen molar-refractivity contribution >= 4 is 22.6 Å². The van der Waals surface area contributed by atoms with Crippen LogP contribution in [0.1, 0.15) is 44.8 Å². The van der Waals surface area contributed by atoms with Gasteiger partial charge in [0.15, 0.2) is 0 Å². The molecule has 1 aromatic carbocycles. The maximum atomic E-state index is 12.9. The van der Waals surface area contributed by atoms with E-state index in [0.717, 1.165) is 28.4 Å². The second kappa shape index (κ2) is 6.55. The third-order valence-electron chi connectivity index (χ3n) is 2.73. The lowest BCUT2D eigenvalue weighted by molar-refractivity contribution is 0.144. The van der Waals surface area contributed by atoms with Gasteiger partial charge in [-0.3, -0.25) is 0 Å². The Labute approximate surface area is 110 Å². The number of rotatable bonds is 5. The van der Waals surface area contributed by atoms with Crippen molar-refractivity contribution in [1.82, 2.24) is 0 Å². The van der Waals surface area contributed by atoms with Gasteiger partial charge in [-0.15, -0.1) is 0 Å². The van der Waals surface area contributed by atoms with Crippen LogP contribution in [0.25, 0.3) is 0 Å². The van der Waals surface area contributed by atoms with Gasteiger partial charge in [0, 0.05) is 3.57 Å². The highest BCUT2D eigenvalue weighted by Crippen LogP contribution is 2.27. The van der Waals surface area contributed by atoms with E-state index in [-0.39, 0.29) is 5.82 Å². The predicted octanol–water partition coefficient (Wildman–Crippen LogP) is 4.29. The minimum Gasteiger partial charge on any atom is -0.388 e. The van der Waals surface area contributed by atoms with Crippen LogP contribution in [0.2, 0.25) is 0 Å². The van der Waals surface area contributed by atoms with Crippen LogP contribution in [0.15, 0.2) is 18.2 Å². The zero-order valence-corrected chi connectivity index (χ0v) is 11.9. The van der Waals surface area contributed by atoms with Gasteiger partial charge >= 0.3 is 0 Å². The number of hydrogen-bond donors (Lipinski definition) is 1. The molecular formula is C13H18FIO. The van der Waals surface area contributed by atoms with E-state index < -0.39 is 6.10 Å². The van der Waals surface area contributed by atoms with E-state index in [1.54, 1.807) is 6.07 Å². The van der Waals surface area contributed by atoms with E-state index in [9.17, 15) is 9.50 Å². The molecule has 1 nitrogen and oxygen atoms in total. The molecule has 0 saturated heterocycles. The minimum absolute atomic E-state index is 0.248. The zero-order valence-electron chi connectivity index (χ0n) is 9.71. The van der Waals surface area contributed by atoms with Gasteiger partial charge in [0.25, 0.3) is 0 Å². The molecule has 1 N–H and O–H groups in total. The summed E-state index contributed by atoms with van der Waals surface area (Å²) in [5.41, 5.74) is 0.838. The molecule has 0 fully saturated rings. The maximum Gasteiger partial charge on any atom is 0.124 e. The first-order valence-electron chi connectivity index (χ1n) is 5.67.